The number of aryl methyl sites for hydroxylation is 2. The molecule has 0 unspecified atom stereocenters. The van der Waals surface area contributed by atoms with Gasteiger partial charge in [-0.25, -0.2) is 0 Å². The molecule has 1 aromatic heterocycles. The maximum atomic E-state index is 11.5. The third-order valence-corrected chi connectivity index (χ3v) is 3.17. The zero-order valence-electron chi connectivity index (χ0n) is 10.9. The molecule has 1 aromatic carbocycles. The largest absolute Gasteiger partial charge is 0.497 e. The summed E-state index contributed by atoms with van der Waals surface area (Å²) in [5.41, 5.74) is 7.56. The van der Waals surface area contributed by atoms with Crippen molar-refractivity contribution in [1.82, 2.24) is 4.57 Å². The number of fused-ring (bicyclic) bond motifs is 1. The van der Waals surface area contributed by atoms with Crippen LogP contribution in [0.25, 0.3) is 10.9 Å². The molecule has 2 N–H and O–H groups in total. The number of ether oxygens (including phenoxy) is 2. The Morgan fingerprint density at radius 1 is 1.28 bits per heavy atom. The highest BCUT2D eigenvalue weighted by atomic mass is 16.5. The second kappa shape index (κ2) is 4.25. The molecule has 0 aliphatic rings. The van der Waals surface area contributed by atoms with Gasteiger partial charge in [-0.3, -0.25) is 4.79 Å². The highest BCUT2D eigenvalue weighted by Gasteiger charge is 2.19. The number of carbonyl (C=O) groups is 1. The van der Waals surface area contributed by atoms with Crippen molar-refractivity contribution >= 4 is 16.8 Å². The van der Waals surface area contributed by atoms with Gasteiger partial charge in [0.2, 0.25) is 0 Å². The molecule has 1 amide bonds. The lowest BCUT2D eigenvalue weighted by Crippen LogP contribution is -2.16. The van der Waals surface area contributed by atoms with Crippen molar-refractivity contribution < 1.29 is 14.3 Å². The first-order valence-corrected chi connectivity index (χ1v) is 5.52. The first-order valence-electron chi connectivity index (χ1n) is 5.52. The topological polar surface area (TPSA) is 66.5 Å². The van der Waals surface area contributed by atoms with E-state index in [9.17, 15) is 4.79 Å². The number of methoxy groups -OCH3 is 2. The fraction of sp³-hybridized carbons (Fsp3) is 0.308. The minimum Gasteiger partial charge on any atom is -0.497 e. The zero-order valence-corrected chi connectivity index (χ0v) is 10.9. The Hall–Kier alpha value is -2.17. The minimum absolute atomic E-state index is 0.452. The van der Waals surface area contributed by atoms with Gasteiger partial charge in [-0.2, -0.15) is 0 Å². The monoisotopic (exact) mass is 248 g/mol. The molecule has 0 saturated heterocycles. The molecule has 1 heterocycles. The van der Waals surface area contributed by atoms with E-state index in [1.165, 1.54) is 0 Å². The highest BCUT2D eigenvalue weighted by molar-refractivity contribution is 6.02. The molecule has 0 fully saturated rings. The molecule has 96 valence electrons. The van der Waals surface area contributed by atoms with Gasteiger partial charge < -0.3 is 19.8 Å². The summed E-state index contributed by atoms with van der Waals surface area (Å²) in [6.07, 6.45) is 0. The minimum atomic E-state index is -0.452. The van der Waals surface area contributed by atoms with Gasteiger partial charge in [0.05, 0.1) is 19.7 Å². The summed E-state index contributed by atoms with van der Waals surface area (Å²) in [6.45, 7) is 1.86. The van der Waals surface area contributed by atoms with Crippen molar-refractivity contribution in [3.05, 3.63) is 23.4 Å². The quantitative estimate of drug-likeness (QED) is 0.897. The Kier molecular flexibility index (Phi) is 2.90. The van der Waals surface area contributed by atoms with Gasteiger partial charge >= 0.3 is 0 Å². The molecule has 18 heavy (non-hydrogen) atoms. The number of aromatic nitrogens is 1. The fourth-order valence-electron chi connectivity index (χ4n) is 2.33. The summed E-state index contributed by atoms with van der Waals surface area (Å²) < 4.78 is 12.3. The van der Waals surface area contributed by atoms with Crippen LogP contribution in [0.4, 0.5) is 0 Å². The van der Waals surface area contributed by atoms with Gasteiger partial charge in [0.25, 0.3) is 5.91 Å². The van der Waals surface area contributed by atoms with Gasteiger partial charge in [0, 0.05) is 18.5 Å². The summed E-state index contributed by atoms with van der Waals surface area (Å²) >= 11 is 0. The number of nitrogens with two attached hydrogens (primary N) is 1. The Morgan fingerprint density at radius 2 is 1.94 bits per heavy atom. The molecular weight excluding hydrogens is 232 g/mol. The van der Waals surface area contributed by atoms with Gasteiger partial charge in [-0.05, 0) is 18.6 Å². The third kappa shape index (κ3) is 1.59. The molecule has 0 aliphatic carbocycles. The normalized spacial score (nSPS) is 10.7. The second-order valence-electron chi connectivity index (χ2n) is 4.12. The van der Waals surface area contributed by atoms with Gasteiger partial charge in [0.1, 0.15) is 17.2 Å². The number of primary amides is 1. The smallest absolute Gasteiger partial charge is 0.265 e. The molecule has 0 bridgehead atoms. The highest BCUT2D eigenvalue weighted by Crippen LogP contribution is 2.35. The van der Waals surface area contributed by atoms with Crippen molar-refractivity contribution in [1.29, 1.82) is 0 Å². The lowest BCUT2D eigenvalue weighted by molar-refractivity contribution is 0.0992. The summed E-state index contributed by atoms with van der Waals surface area (Å²) in [6, 6.07) is 3.66. The molecule has 2 rings (SSSR count). The van der Waals surface area contributed by atoms with Crippen LogP contribution in [0.3, 0.4) is 0 Å². The molecule has 5 nitrogen and oxygen atoms in total. The maximum Gasteiger partial charge on any atom is 0.265 e. The van der Waals surface area contributed by atoms with E-state index in [-0.39, 0.29) is 0 Å². The first kappa shape index (κ1) is 12.3. The van der Waals surface area contributed by atoms with Crippen molar-refractivity contribution in [2.75, 3.05) is 14.2 Å². The van der Waals surface area contributed by atoms with Crippen molar-refractivity contribution in [3.63, 3.8) is 0 Å². The van der Waals surface area contributed by atoms with E-state index < -0.39 is 5.91 Å². The predicted molar refractivity (Wildman–Crippen MR) is 69.3 cm³/mol. The van der Waals surface area contributed by atoms with E-state index >= 15 is 0 Å². The molecule has 5 heteroatoms. The number of hydrogen-bond donors (Lipinski definition) is 1. The van der Waals surface area contributed by atoms with E-state index in [0.717, 1.165) is 16.5 Å². The second-order valence-corrected chi connectivity index (χ2v) is 4.12. The average molecular weight is 248 g/mol. The number of amides is 1. The number of nitrogens with zero attached hydrogens (tertiary/aromatic N) is 1. The molecule has 2 aromatic rings. The van der Waals surface area contributed by atoms with Gasteiger partial charge in [-0.1, -0.05) is 0 Å². The fourth-order valence-corrected chi connectivity index (χ4v) is 2.33. The van der Waals surface area contributed by atoms with Crippen molar-refractivity contribution in [2.45, 2.75) is 6.92 Å². The van der Waals surface area contributed by atoms with E-state index in [0.29, 0.717) is 17.2 Å². The van der Waals surface area contributed by atoms with Crippen LogP contribution in [0.1, 0.15) is 16.1 Å². The van der Waals surface area contributed by atoms with Crippen LogP contribution < -0.4 is 15.2 Å². The molecule has 0 spiro atoms. The number of rotatable bonds is 3. The first-order chi connectivity index (χ1) is 8.51. The van der Waals surface area contributed by atoms with Crippen LogP contribution in [0.15, 0.2) is 12.1 Å². The zero-order chi connectivity index (χ0) is 13.4. The molecule has 0 saturated carbocycles. The van der Waals surface area contributed by atoms with Crippen LogP contribution in [-0.4, -0.2) is 24.7 Å². The molecule has 0 atom stereocenters. The summed E-state index contributed by atoms with van der Waals surface area (Å²) in [5, 5.41) is 0.905. The van der Waals surface area contributed by atoms with Crippen LogP contribution in [-0.2, 0) is 7.05 Å². The average Bonchev–Trinajstić information content (AvgIpc) is 2.60. The summed E-state index contributed by atoms with van der Waals surface area (Å²) in [7, 11) is 4.97. The van der Waals surface area contributed by atoms with E-state index in [1.54, 1.807) is 31.9 Å². The SMILES string of the molecule is COc1cc(OC)c2c(c1)c(C)c(C(N)=O)n2C. The van der Waals surface area contributed by atoms with Crippen LogP contribution >= 0.6 is 0 Å². The number of hydrogen-bond acceptors (Lipinski definition) is 3. The van der Waals surface area contributed by atoms with Crippen LogP contribution in [0.5, 0.6) is 11.5 Å². The molecule has 0 aliphatic heterocycles. The lowest BCUT2D eigenvalue weighted by Gasteiger charge is -2.08. The Balaban J connectivity index is 2.92. The summed E-state index contributed by atoms with van der Waals surface area (Å²) in [4.78, 5) is 11.5. The van der Waals surface area contributed by atoms with Gasteiger partial charge in [0.15, 0.2) is 0 Å². The summed E-state index contributed by atoms with van der Waals surface area (Å²) in [5.74, 6) is 0.888. The van der Waals surface area contributed by atoms with E-state index in [2.05, 4.69) is 0 Å². The Labute approximate surface area is 105 Å². The van der Waals surface area contributed by atoms with E-state index in [1.807, 2.05) is 13.0 Å². The van der Waals surface area contributed by atoms with Gasteiger partial charge in [-0.15, -0.1) is 0 Å². The lowest BCUT2D eigenvalue weighted by atomic mass is 10.1. The Bertz CT molecular complexity index is 629. The third-order valence-electron chi connectivity index (χ3n) is 3.17. The predicted octanol–water partition coefficient (Wildman–Crippen LogP) is 1.60. The maximum absolute atomic E-state index is 11.5. The van der Waals surface area contributed by atoms with Crippen molar-refractivity contribution in [3.8, 4) is 11.5 Å². The Morgan fingerprint density at radius 3 is 2.44 bits per heavy atom. The molecular formula is C13H16N2O3. The number of carbonyl (C=O) groups excluding carboxylic acids is 1. The standard InChI is InChI=1S/C13H16N2O3/c1-7-9-5-8(17-3)6-10(18-4)12(9)15(2)11(7)13(14)16/h5-6H,1-4H3,(H2,14,16). The van der Waals surface area contributed by atoms with Crippen molar-refractivity contribution in [2.24, 2.45) is 12.8 Å². The van der Waals surface area contributed by atoms with Crippen LogP contribution in [0.2, 0.25) is 0 Å². The van der Waals surface area contributed by atoms with Crippen LogP contribution in [0, 0.1) is 6.92 Å². The number of benzene rings is 1. The van der Waals surface area contributed by atoms with E-state index in [4.69, 9.17) is 15.2 Å². The molecule has 0 radical (unpaired) electrons.